The van der Waals surface area contributed by atoms with E-state index in [1.165, 1.54) is 42.4 Å². The first kappa shape index (κ1) is 21.5. The molecule has 0 atom stereocenters. The van der Waals surface area contributed by atoms with E-state index < -0.39 is 0 Å². The van der Waals surface area contributed by atoms with E-state index in [0.717, 1.165) is 30.4 Å². The van der Waals surface area contributed by atoms with Crippen molar-refractivity contribution in [1.82, 2.24) is 0 Å². The summed E-state index contributed by atoms with van der Waals surface area (Å²) >= 11 is 0. The lowest BCUT2D eigenvalue weighted by Gasteiger charge is -2.05. The molecule has 0 nitrogen and oxygen atoms in total. The summed E-state index contributed by atoms with van der Waals surface area (Å²) in [6.07, 6.45) is 7.82. The van der Waals surface area contributed by atoms with Gasteiger partial charge in [0, 0.05) is 24.0 Å². The topological polar surface area (TPSA) is 0 Å². The molecule has 30 heavy (non-hydrogen) atoms. The molecule has 0 amide bonds. The molecule has 0 radical (unpaired) electrons. The smallest absolute Gasteiger partial charge is 0.0245 e. The maximum atomic E-state index is 3.27. The summed E-state index contributed by atoms with van der Waals surface area (Å²) in [5, 5.41) is 0. The van der Waals surface area contributed by atoms with Gasteiger partial charge in [-0.25, -0.2) is 0 Å². The van der Waals surface area contributed by atoms with E-state index in [2.05, 4.69) is 79.1 Å². The van der Waals surface area contributed by atoms with Gasteiger partial charge >= 0.3 is 0 Å². The minimum atomic E-state index is 0.880. The fourth-order valence-corrected chi connectivity index (χ4v) is 3.30. The molecule has 0 aliphatic carbocycles. The molecule has 150 valence electrons. The summed E-state index contributed by atoms with van der Waals surface area (Å²) in [6, 6.07) is 27.7. The van der Waals surface area contributed by atoms with E-state index in [1.807, 2.05) is 30.3 Å². The largest absolute Gasteiger partial charge is 0.0979 e. The number of benzene rings is 3. The molecule has 0 bridgehead atoms. The van der Waals surface area contributed by atoms with Gasteiger partial charge in [-0.1, -0.05) is 98.0 Å². The molecule has 0 saturated carbocycles. The minimum absolute atomic E-state index is 0.880. The zero-order valence-corrected chi connectivity index (χ0v) is 18.0. The normalized spacial score (nSPS) is 9.90. The van der Waals surface area contributed by atoms with Crippen molar-refractivity contribution in [2.45, 2.75) is 51.9 Å². The van der Waals surface area contributed by atoms with Crippen LogP contribution in [0.15, 0.2) is 78.9 Å². The van der Waals surface area contributed by atoms with Gasteiger partial charge in [0.15, 0.2) is 0 Å². The fourth-order valence-electron chi connectivity index (χ4n) is 3.30. The molecule has 0 aromatic heterocycles. The Balaban J connectivity index is 1.45. The lowest BCUT2D eigenvalue weighted by molar-refractivity contribution is 0.717. The molecule has 0 unspecified atom stereocenters. The van der Waals surface area contributed by atoms with E-state index >= 15 is 0 Å². The van der Waals surface area contributed by atoms with Gasteiger partial charge in [0.1, 0.15) is 0 Å². The van der Waals surface area contributed by atoms with E-state index in [4.69, 9.17) is 0 Å². The Bertz CT molecular complexity index is 1000. The predicted molar refractivity (Wildman–Crippen MR) is 129 cm³/mol. The second-order valence-corrected chi connectivity index (χ2v) is 7.55. The van der Waals surface area contributed by atoms with Crippen molar-refractivity contribution >= 4 is 0 Å². The highest BCUT2D eigenvalue weighted by Crippen LogP contribution is 2.21. The van der Waals surface area contributed by atoms with Crippen LogP contribution in [0.4, 0.5) is 0 Å². The molecule has 0 heterocycles. The van der Waals surface area contributed by atoms with Crippen LogP contribution < -0.4 is 0 Å². The van der Waals surface area contributed by atoms with Crippen LogP contribution in [0.1, 0.15) is 62.1 Å². The number of hydrogen-bond acceptors (Lipinski definition) is 0. The molecule has 0 N–H and O–H groups in total. The van der Waals surface area contributed by atoms with Gasteiger partial charge in [-0.3, -0.25) is 0 Å². The molecule has 0 spiro atoms. The third kappa shape index (κ3) is 7.31. The van der Waals surface area contributed by atoms with Crippen LogP contribution in [0.3, 0.4) is 0 Å². The Morgan fingerprint density at radius 3 is 1.73 bits per heavy atom. The first-order chi connectivity index (χ1) is 14.8. The van der Waals surface area contributed by atoms with Gasteiger partial charge in [0.05, 0.1) is 0 Å². The zero-order chi connectivity index (χ0) is 20.9. The van der Waals surface area contributed by atoms with Gasteiger partial charge in [-0.15, -0.1) is 0 Å². The lowest BCUT2D eigenvalue weighted by Crippen LogP contribution is -1.86. The molecular formula is C30H30. The molecule has 0 aliphatic rings. The quantitative estimate of drug-likeness (QED) is 0.287. The molecule has 3 aromatic rings. The van der Waals surface area contributed by atoms with E-state index in [1.54, 1.807) is 0 Å². The van der Waals surface area contributed by atoms with Gasteiger partial charge < -0.3 is 0 Å². The van der Waals surface area contributed by atoms with Gasteiger partial charge in [0.25, 0.3) is 0 Å². The van der Waals surface area contributed by atoms with Crippen LogP contribution in [0.2, 0.25) is 0 Å². The summed E-state index contributed by atoms with van der Waals surface area (Å²) in [5.74, 6) is 13.0. The second kappa shape index (κ2) is 12.4. The average Bonchev–Trinajstić information content (AvgIpc) is 2.80. The van der Waals surface area contributed by atoms with Crippen molar-refractivity contribution in [3.63, 3.8) is 0 Å². The first-order valence-electron chi connectivity index (χ1n) is 11.1. The van der Waals surface area contributed by atoms with E-state index in [-0.39, 0.29) is 0 Å². The second-order valence-electron chi connectivity index (χ2n) is 7.55. The fraction of sp³-hybridized carbons (Fsp3) is 0.267. The minimum Gasteiger partial charge on any atom is -0.0979 e. The maximum absolute atomic E-state index is 3.27. The van der Waals surface area contributed by atoms with Crippen LogP contribution >= 0.6 is 0 Å². The van der Waals surface area contributed by atoms with Crippen molar-refractivity contribution in [3.8, 4) is 34.8 Å². The molecule has 0 heteroatoms. The average molecular weight is 391 g/mol. The molecular weight excluding hydrogens is 360 g/mol. The number of aryl methyl sites for hydroxylation is 1. The van der Waals surface area contributed by atoms with Crippen molar-refractivity contribution < 1.29 is 0 Å². The Morgan fingerprint density at radius 2 is 1.13 bits per heavy atom. The zero-order valence-electron chi connectivity index (χ0n) is 18.0. The Morgan fingerprint density at radius 1 is 0.567 bits per heavy atom. The van der Waals surface area contributed by atoms with Crippen LogP contribution in [-0.2, 0) is 6.42 Å². The van der Waals surface area contributed by atoms with Crippen LogP contribution in [0, 0.1) is 23.7 Å². The van der Waals surface area contributed by atoms with Crippen molar-refractivity contribution in [1.29, 1.82) is 0 Å². The van der Waals surface area contributed by atoms with Crippen LogP contribution in [0.25, 0.3) is 11.1 Å². The monoisotopic (exact) mass is 390 g/mol. The molecule has 0 fully saturated rings. The Labute approximate surface area is 182 Å². The maximum Gasteiger partial charge on any atom is 0.0245 e. The number of hydrogen-bond donors (Lipinski definition) is 0. The summed E-state index contributed by atoms with van der Waals surface area (Å²) < 4.78 is 0. The van der Waals surface area contributed by atoms with E-state index in [0.29, 0.717) is 0 Å². The van der Waals surface area contributed by atoms with Crippen molar-refractivity contribution in [2.75, 3.05) is 0 Å². The van der Waals surface area contributed by atoms with Gasteiger partial charge in [-0.2, -0.15) is 0 Å². The number of rotatable bonds is 7. The van der Waals surface area contributed by atoms with E-state index in [9.17, 15) is 0 Å². The first-order valence-corrected chi connectivity index (χ1v) is 11.1. The van der Waals surface area contributed by atoms with Crippen LogP contribution in [-0.4, -0.2) is 0 Å². The third-order valence-corrected chi connectivity index (χ3v) is 5.08. The predicted octanol–water partition coefficient (Wildman–Crippen LogP) is 7.66. The van der Waals surface area contributed by atoms with Gasteiger partial charge in [0.2, 0.25) is 0 Å². The summed E-state index contributed by atoms with van der Waals surface area (Å²) in [6.45, 7) is 2.25. The number of unbranched alkanes of at least 4 members (excludes halogenated alkanes) is 4. The molecule has 3 rings (SSSR count). The van der Waals surface area contributed by atoms with Crippen molar-refractivity contribution in [3.05, 3.63) is 95.6 Å². The SMILES string of the molecule is CCCCCc1ccc(-c2ccc(C#CCCCC#Cc3ccccc3)cc2)cc1. The molecule has 0 saturated heterocycles. The van der Waals surface area contributed by atoms with Crippen molar-refractivity contribution in [2.24, 2.45) is 0 Å². The summed E-state index contributed by atoms with van der Waals surface area (Å²) in [7, 11) is 0. The standard InChI is InChI=1S/C30H30/c1-2-3-8-13-27-18-22-29(23-19-27)30-24-20-28(21-25-30)17-10-6-4-5-9-14-26-15-11-7-12-16-26/h7,11-12,15-16,18-25H,2-6,8,13H2,1H3. The highest BCUT2D eigenvalue weighted by atomic mass is 14.0. The Hall–Kier alpha value is -3.22. The highest BCUT2D eigenvalue weighted by molar-refractivity contribution is 5.64. The highest BCUT2D eigenvalue weighted by Gasteiger charge is 1.99. The molecule has 3 aromatic carbocycles. The summed E-state index contributed by atoms with van der Waals surface area (Å²) in [5.41, 5.74) is 6.10. The Kier molecular flexibility index (Phi) is 8.86. The van der Waals surface area contributed by atoms with Crippen LogP contribution in [0.5, 0.6) is 0 Å². The molecule has 0 aliphatic heterocycles. The summed E-state index contributed by atoms with van der Waals surface area (Å²) in [4.78, 5) is 0. The third-order valence-electron chi connectivity index (χ3n) is 5.08. The van der Waals surface area contributed by atoms with Gasteiger partial charge in [-0.05, 0) is 60.2 Å². The lowest BCUT2D eigenvalue weighted by atomic mass is 10.0.